The van der Waals surface area contributed by atoms with Gasteiger partial charge in [0.15, 0.2) is 0 Å². The summed E-state index contributed by atoms with van der Waals surface area (Å²) in [6.07, 6.45) is 2.22. The molecule has 44 heavy (non-hydrogen) atoms. The van der Waals surface area contributed by atoms with Crippen LogP contribution in [0.2, 0.25) is 0 Å². The van der Waals surface area contributed by atoms with E-state index in [9.17, 15) is 56.0 Å². The van der Waals surface area contributed by atoms with Crippen LogP contribution in [-0.2, 0) is 20.2 Å². The minimum absolute atomic E-state index is 0.106. The Morgan fingerprint density at radius 2 is 0.909 bits per heavy atom. The molecule has 0 aliphatic rings. The van der Waals surface area contributed by atoms with E-state index in [0.29, 0.717) is 0 Å². The third-order valence-corrected chi connectivity index (χ3v) is 7.81. The molecule has 0 bridgehead atoms. The number of hydrogen-bond acceptors (Lipinski definition) is 10. The van der Waals surface area contributed by atoms with E-state index in [4.69, 9.17) is 0 Å². The Bertz CT molecular complexity index is 1910. The number of phenolic OH excluding ortho intramolecular Hbond substituents is 4. The molecule has 16 heteroatoms. The van der Waals surface area contributed by atoms with Crippen LogP contribution in [0.15, 0.2) is 82.6 Å². The molecular formula is C28H22N2O12S2. The number of carbonyl (C=O) groups is 2. The molecule has 2 amide bonds. The number of nitrogens with one attached hydrogen (secondary N) is 2. The first-order valence-corrected chi connectivity index (χ1v) is 15.0. The van der Waals surface area contributed by atoms with Crippen LogP contribution in [0.4, 0.5) is 11.4 Å². The number of rotatable bonds is 8. The van der Waals surface area contributed by atoms with Crippen molar-refractivity contribution < 1.29 is 56.0 Å². The minimum atomic E-state index is -4.90. The van der Waals surface area contributed by atoms with Crippen LogP contribution >= 0.6 is 0 Å². The topological polar surface area (TPSA) is 248 Å². The van der Waals surface area contributed by atoms with Gasteiger partial charge in [-0.25, -0.2) is 0 Å². The normalized spacial score (nSPS) is 11.8. The average molecular weight is 643 g/mol. The summed E-state index contributed by atoms with van der Waals surface area (Å²) in [5.74, 6) is -3.41. The lowest BCUT2D eigenvalue weighted by atomic mass is 10.1. The quantitative estimate of drug-likeness (QED) is 0.101. The van der Waals surface area contributed by atoms with Crippen LogP contribution in [-0.4, -0.2) is 58.2 Å². The first kappa shape index (κ1) is 31.5. The Morgan fingerprint density at radius 1 is 0.545 bits per heavy atom. The van der Waals surface area contributed by atoms with E-state index in [0.717, 1.165) is 60.7 Å². The van der Waals surface area contributed by atoms with Crippen LogP contribution in [0.3, 0.4) is 0 Å². The van der Waals surface area contributed by atoms with Crippen molar-refractivity contribution in [1.82, 2.24) is 0 Å². The number of hydrogen-bond donors (Lipinski definition) is 8. The van der Waals surface area contributed by atoms with Gasteiger partial charge in [-0.3, -0.25) is 18.7 Å². The van der Waals surface area contributed by atoms with Gasteiger partial charge in [0.25, 0.3) is 32.1 Å². The lowest BCUT2D eigenvalue weighted by Crippen LogP contribution is -2.13. The molecule has 0 aromatic heterocycles. The summed E-state index contributed by atoms with van der Waals surface area (Å²) in [7, 11) is -9.80. The standard InChI is InChI=1S/C28H22N2O12S2/c31-19-7-9-21(23(33)13-19)27(35)29-17-5-3-15(25(11-17)43(37,38)39)1-2-16-4-6-18(12-26(16)44(40,41)42)30-28(36)22-10-8-20(32)14-24(22)34/h1-14,31-34H,(H,29,35)(H,30,36)(H,37,38,39)(H,40,41,42)/b2-1+. The van der Waals surface area contributed by atoms with Gasteiger partial charge in [-0.15, -0.1) is 0 Å². The van der Waals surface area contributed by atoms with Crippen molar-refractivity contribution >= 4 is 55.6 Å². The summed E-state index contributed by atoms with van der Waals surface area (Å²) in [4.78, 5) is 23.7. The van der Waals surface area contributed by atoms with Crippen molar-refractivity contribution in [2.24, 2.45) is 0 Å². The molecule has 4 aromatic rings. The smallest absolute Gasteiger partial charge is 0.295 e. The lowest BCUT2D eigenvalue weighted by molar-refractivity contribution is 0.101. The molecule has 0 radical (unpaired) electrons. The summed E-state index contributed by atoms with van der Waals surface area (Å²) in [5, 5.41) is 43.3. The van der Waals surface area contributed by atoms with E-state index in [-0.39, 0.29) is 45.1 Å². The molecule has 4 aromatic carbocycles. The fourth-order valence-electron chi connectivity index (χ4n) is 3.95. The van der Waals surface area contributed by atoms with Crippen molar-refractivity contribution in [3.8, 4) is 23.0 Å². The predicted molar refractivity (Wildman–Crippen MR) is 157 cm³/mol. The SMILES string of the molecule is O=C(Nc1ccc(/C=C/c2ccc(NC(=O)c3ccc(O)cc3O)cc2S(=O)(=O)O)c(S(=O)(=O)O)c1)c1ccc(O)cc1O. The van der Waals surface area contributed by atoms with Crippen LogP contribution in [0.1, 0.15) is 31.8 Å². The largest absolute Gasteiger partial charge is 0.508 e. The lowest BCUT2D eigenvalue weighted by Gasteiger charge is -2.11. The van der Waals surface area contributed by atoms with Crippen LogP contribution < -0.4 is 10.6 Å². The Labute approximate surface area is 249 Å². The monoisotopic (exact) mass is 642 g/mol. The zero-order valence-electron chi connectivity index (χ0n) is 22.0. The molecule has 228 valence electrons. The second-order valence-corrected chi connectivity index (χ2v) is 11.9. The molecular weight excluding hydrogens is 620 g/mol. The number of benzene rings is 4. The molecule has 0 aliphatic heterocycles. The third kappa shape index (κ3) is 7.31. The first-order chi connectivity index (χ1) is 20.5. The molecule has 14 nitrogen and oxygen atoms in total. The van der Waals surface area contributed by atoms with E-state index >= 15 is 0 Å². The second-order valence-electron chi connectivity index (χ2n) is 9.10. The molecule has 0 aliphatic carbocycles. The zero-order chi connectivity index (χ0) is 32.4. The Hall–Kier alpha value is -5.42. The van der Waals surface area contributed by atoms with Crippen molar-refractivity contribution in [3.63, 3.8) is 0 Å². The summed E-state index contributed by atoms with van der Waals surface area (Å²) in [6, 6.07) is 13.1. The van der Waals surface area contributed by atoms with Gasteiger partial charge in [0, 0.05) is 23.5 Å². The number of aromatic hydroxyl groups is 4. The van der Waals surface area contributed by atoms with Crippen molar-refractivity contribution in [1.29, 1.82) is 0 Å². The highest BCUT2D eigenvalue weighted by molar-refractivity contribution is 7.86. The van der Waals surface area contributed by atoms with Gasteiger partial charge in [0.2, 0.25) is 0 Å². The minimum Gasteiger partial charge on any atom is -0.508 e. The molecule has 0 spiro atoms. The summed E-state index contributed by atoms with van der Waals surface area (Å²) < 4.78 is 68.1. The highest BCUT2D eigenvalue weighted by Crippen LogP contribution is 2.29. The van der Waals surface area contributed by atoms with E-state index in [1.165, 1.54) is 24.3 Å². The maximum Gasteiger partial charge on any atom is 0.295 e. The fourth-order valence-corrected chi connectivity index (χ4v) is 5.37. The summed E-state index contributed by atoms with van der Waals surface area (Å²) in [6.45, 7) is 0. The summed E-state index contributed by atoms with van der Waals surface area (Å²) >= 11 is 0. The summed E-state index contributed by atoms with van der Waals surface area (Å²) in [5.41, 5.74) is -0.995. The highest BCUT2D eigenvalue weighted by Gasteiger charge is 2.20. The average Bonchev–Trinajstić information content (AvgIpc) is 2.91. The fraction of sp³-hybridized carbons (Fsp3) is 0. The number of carbonyl (C=O) groups excluding carboxylic acids is 2. The molecule has 8 N–H and O–H groups in total. The van der Waals surface area contributed by atoms with Gasteiger partial charge in [0.1, 0.15) is 32.8 Å². The number of anilines is 2. The molecule has 0 fully saturated rings. The van der Waals surface area contributed by atoms with E-state index < -0.39 is 53.3 Å². The van der Waals surface area contributed by atoms with E-state index in [2.05, 4.69) is 10.6 Å². The third-order valence-electron chi connectivity index (χ3n) is 5.99. The van der Waals surface area contributed by atoms with Gasteiger partial charge in [0.05, 0.1) is 11.1 Å². The first-order valence-electron chi connectivity index (χ1n) is 12.1. The molecule has 0 atom stereocenters. The van der Waals surface area contributed by atoms with Gasteiger partial charge in [-0.05, 0) is 59.7 Å². The molecule has 0 unspecified atom stereocenters. The van der Waals surface area contributed by atoms with Gasteiger partial charge in [-0.2, -0.15) is 16.8 Å². The van der Waals surface area contributed by atoms with Gasteiger partial charge < -0.3 is 31.1 Å². The van der Waals surface area contributed by atoms with Crippen LogP contribution in [0, 0.1) is 0 Å². The van der Waals surface area contributed by atoms with Crippen molar-refractivity contribution in [3.05, 3.63) is 95.1 Å². The van der Waals surface area contributed by atoms with Crippen molar-refractivity contribution in [2.75, 3.05) is 10.6 Å². The van der Waals surface area contributed by atoms with Crippen molar-refractivity contribution in [2.45, 2.75) is 9.79 Å². The number of phenols is 4. The van der Waals surface area contributed by atoms with E-state index in [1.54, 1.807) is 0 Å². The maximum atomic E-state index is 12.5. The Morgan fingerprint density at radius 3 is 1.23 bits per heavy atom. The molecule has 4 rings (SSSR count). The Balaban J connectivity index is 1.64. The number of amides is 2. The molecule has 0 heterocycles. The highest BCUT2D eigenvalue weighted by atomic mass is 32.2. The van der Waals surface area contributed by atoms with E-state index in [1.807, 2.05) is 0 Å². The predicted octanol–water partition coefficient (Wildman–Crippen LogP) is 3.68. The van der Waals surface area contributed by atoms with Gasteiger partial charge in [-0.1, -0.05) is 24.3 Å². The van der Waals surface area contributed by atoms with Crippen LogP contribution in [0.5, 0.6) is 23.0 Å². The maximum absolute atomic E-state index is 12.5. The van der Waals surface area contributed by atoms with Crippen LogP contribution in [0.25, 0.3) is 12.2 Å². The van der Waals surface area contributed by atoms with Gasteiger partial charge >= 0.3 is 0 Å². The molecule has 0 saturated heterocycles. The molecule has 0 saturated carbocycles. The second kappa shape index (κ2) is 12.1. The zero-order valence-corrected chi connectivity index (χ0v) is 23.7. The Kier molecular flexibility index (Phi) is 8.64.